The number of carbonyl (C=O) groups is 3. The second-order valence-electron chi connectivity index (χ2n) is 9.63. The Kier molecular flexibility index (Phi) is 5.85. The van der Waals surface area contributed by atoms with Gasteiger partial charge in [0, 0.05) is 12.5 Å². The van der Waals surface area contributed by atoms with Crippen LogP contribution in [0.3, 0.4) is 0 Å². The maximum absolute atomic E-state index is 12.9. The van der Waals surface area contributed by atoms with Gasteiger partial charge in [0.15, 0.2) is 6.61 Å². The van der Waals surface area contributed by atoms with Gasteiger partial charge in [0.05, 0.1) is 6.04 Å². The van der Waals surface area contributed by atoms with Crippen LogP contribution >= 0.6 is 0 Å². The number of esters is 1. The molecule has 0 heterocycles. The van der Waals surface area contributed by atoms with Gasteiger partial charge in [-0.05, 0) is 68.8 Å². The van der Waals surface area contributed by atoms with E-state index in [1.54, 1.807) is 11.9 Å². The van der Waals surface area contributed by atoms with E-state index in [9.17, 15) is 14.4 Å². The molecule has 4 saturated carbocycles. The summed E-state index contributed by atoms with van der Waals surface area (Å²) in [4.78, 5) is 39.0. The third-order valence-corrected chi connectivity index (χ3v) is 7.53. The van der Waals surface area contributed by atoms with Gasteiger partial charge in [-0.1, -0.05) is 30.3 Å². The van der Waals surface area contributed by atoms with E-state index in [1.165, 1.54) is 19.3 Å². The average Bonchev–Trinajstić information content (AvgIpc) is 2.74. The molecule has 1 atom stereocenters. The molecule has 4 bridgehead atoms. The number of amides is 2. The third-order valence-electron chi connectivity index (χ3n) is 7.53. The molecule has 162 valence electrons. The number of rotatable bonds is 7. The van der Waals surface area contributed by atoms with Crippen molar-refractivity contribution >= 4 is 17.8 Å². The van der Waals surface area contributed by atoms with Crippen molar-refractivity contribution in [3.8, 4) is 0 Å². The topological polar surface area (TPSA) is 75.7 Å². The Balaban J connectivity index is 1.22. The van der Waals surface area contributed by atoms with E-state index in [0.29, 0.717) is 17.8 Å². The van der Waals surface area contributed by atoms with E-state index in [2.05, 4.69) is 5.32 Å². The Hall–Kier alpha value is -2.37. The van der Waals surface area contributed by atoms with Crippen molar-refractivity contribution in [3.63, 3.8) is 0 Å². The summed E-state index contributed by atoms with van der Waals surface area (Å²) in [6.45, 7) is 1.44. The van der Waals surface area contributed by atoms with Crippen molar-refractivity contribution in [2.24, 2.45) is 23.2 Å². The zero-order valence-electron chi connectivity index (χ0n) is 17.9. The molecular formula is C24H32N2O4. The molecule has 6 heteroatoms. The lowest BCUT2D eigenvalue weighted by Crippen LogP contribution is -2.54. The Morgan fingerprint density at radius 2 is 1.63 bits per heavy atom. The summed E-state index contributed by atoms with van der Waals surface area (Å²) < 4.78 is 5.14. The van der Waals surface area contributed by atoms with Crippen LogP contribution in [-0.2, 0) is 19.1 Å². The highest BCUT2D eigenvalue weighted by molar-refractivity contribution is 5.87. The second-order valence-corrected chi connectivity index (χ2v) is 9.63. The van der Waals surface area contributed by atoms with Crippen LogP contribution in [0.15, 0.2) is 30.3 Å². The Bertz CT molecular complexity index is 771. The summed E-state index contributed by atoms with van der Waals surface area (Å²) in [6.07, 6.45) is 6.68. The van der Waals surface area contributed by atoms with Gasteiger partial charge in [0.2, 0.25) is 5.91 Å². The SMILES string of the molecule is CC(c1ccccc1)N(C)C(=O)COC(=O)CNC(=O)C12CC3CC(CC(C3)C1)C2. The van der Waals surface area contributed by atoms with Crippen LogP contribution in [-0.4, -0.2) is 42.9 Å². The van der Waals surface area contributed by atoms with Crippen LogP contribution in [0.5, 0.6) is 0 Å². The Morgan fingerprint density at radius 1 is 1.07 bits per heavy atom. The van der Waals surface area contributed by atoms with Crippen LogP contribution in [0.1, 0.15) is 57.1 Å². The molecule has 1 N–H and O–H groups in total. The zero-order chi connectivity index (χ0) is 21.3. The van der Waals surface area contributed by atoms with E-state index >= 15 is 0 Å². The average molecular weight is 413 g/mol. The normalized spacial score (nSPS) is 29.9. The first-order valence-corrected chi connectivity index (χ1v) is 11.1. The minimum atomic E-state index is -0.567. The van der Waals surface area contributed by atoms with E-state index in [0.717, 1.165) is 24.8 Å². The van der Waals surface area contributed by atoms with E-state index in [4.69, 9.17) is 4.74 Å². The van der Waals surface area contributed by atoms with Gasteiger partial charge in [-0.25, -0.2) is 0 Å². The minimum Gasteiger partial charge on any atom is -0.454 e. The minimum absolute atomic E-state index is 0.000283. The maximum atomic E-state index is 12.9. The van der Waals surface area contributed by atoms with Crippen LogP contribution < -0.4 is 5.32 Å². The van der Waals surface area contributed by atoms with Gasteiger partial charge >= 0.3 is 5.97 Å². The summed E-state index contributed by atoms with van der Waals surface area (Å²) in [5.74, 6) is 1.19. The largest absolute Gasteiger partial charge is 0.454 e. The summed E-state index contributed by atoms with van der Waals surface area (Å²) in [5, 5.41) is 2.80. The number of ether oxygens (including phenoxy) is 1. The van der Waals surface area contributed by atoms with Crippen molar-refractivity contribution < 1.29 is 19.1 Å². The van der Waals surface area contributed by atoms with E-state index in [-0.39, 0.29) is 36.4 Å². The molecule has 6 nitrogen and oxygen atoms in total. The number of likely N-dealkylation sites (N-methyl/N-ethyl adjacent to an activating group) is 1. The zero-order valence-corrected chi connectivity index (χ0v) is 17.9. The summed E-state index contributed by atoms with van der Waals surface area (Å²) in [6, 6.07) is 9.58. The Labute approximate surface area is 178 Å². The van der Waals surface area contributed by atoms with Crippen molar-refractivity contribution in [3.05, 3.63) is 35.9 Å². The molecule has 4 aliphatic rings. The fourth-order valence-electron chi connectivity index (χ4n) is 6.19. The molecule has 0 spiro atoms. The molecule has 0 aromatic heterocycles. The molecule has 1 aromatic carbocycles. The highest BCUT2D eigenvalue weighted by Crippen LogP contribution is 2.60. The van der Waals surface area contributed by atoms with Crippen LogP contribution in [0.25, 0.3) is 0 Å². The predicted molar refractivity (Wildman–Crippen MR) is 112 cm³/mol. The summed E-state index contributed by atoms with van der Waals surface area (Å²) in [7, 11) is 1.70. The van der Waals surface area contributed by atoms with Crippen LogP contribution in [0.2, 0.25) is 0 Å². The molecule has 1 aromatic rings. The predicted octanol–water partition coefficient (Wildman–Crippen LogP) is 3.08. The lowest BCUT2D eigenvalue weighted by atomic mass is 9.49. The standard InChI is InChI=1S/C24H32N2O4/c1-16(20-6-4-3-5-7-20)26(2)21(27)15-30-22(28)14-25-23(29)24-11-17-8-18(12-24)10-19(9-17)13-24/h3-7,16-19H,8-15H2,1-2H3,(H,25,29). The highest BCUT2D eigenvalue weighted by atomic mass is 16.5. The number of hydrogen-bond donors (Lipinski definition) is 1. The molecule has 1 unspecified atom stereocenters. The van der Waals surface area contributed by atoms with Gasteiger partial charge in [-0.3, -0.25) is 14.4 Å². The van der Waals surface area contributed by atoms with Gasteiger partial charge in [0.25, 0.3) is 5.91 Å². The quantitative estimate of drug-likeness (QED) is 0.699. The van der Waals surface area contributed by atoms with Crippen molar-refractivity contribution in [1.82, 2.24) is 10.2 Å². The molecule has 0 saturated heterocycles. The van der Waals surface area contributed by atoms with Crippen LogP contribution in [0, 0.1) is 23.2 Å². The Morgan fingerprint density at radius 3 is 2.20 bits per heavy atom. The molecular weight excluding hydrogens is 380 g/mol. The fourth-order valence-corrected chi connectivity index (χ4v) is 6.19. The third kappa shape index (κ3) is 4.23. The monoisotopic (exact) mass is 412 g/mol. The van der Waals surface area contributed by atoms with E-state index < -0.39 is 5.97 Å². The number of carbonyl (C=O) groups excluding carboxylic acids is 3. The summed E-state index contributed by atoms with van der Waals surface area (Å²) >= 11 is 0. The smallest absolute Gasteiger partial charge is 0.325 e. The molecule has 5 rings (SSSR count). The maximum Gasteiger partial charge on any atom is 0.325 e. The molecule has 30 heavy (non-hydrogen) atoms. The first-order chi connectivity index (χ1) is 14.4. The van der Waals surface area contributed by atoms with Crippen molar-refractivity contribution in [1.29, 1.82) is 0 Å². The summed E-state index contributed by atoms with van der Waals surface area (Å²) in [5.41, 5.74) is 0.735. The second kappa shape index (κ2) is 8.40. The van der Waals surface area contributed by atoms with Crippen molar-refractivity contribution in [2.75, 3.05) is 20.2 Å². The highest BCUT2D eigenvalue weighted by Gasteiger charge is 2.54. The number of hydrogen-bond acceptors (Lipinski definition) is 4. The van der Waals surface area contributed by atoms with Crippen molar-refractivity contribution in [2.45, 2.75) is 51.5 Å². The lowest BCUT2D eigenvalue weighted by molar-refractivity contribution is -0.154. The van der Waals surface area contributed by atoms with Gasteiger partial charge < -0.3 is 15.0 Å². The first-order valence-electron chi connectivity index (χ1n) is 11.1. The van der Waals surface area contributed by atoms with E-state index in [1.807, 2.05) is 37.3 Å². The van der Waals surface area contributed by atoms with Gasteiger partial charge in [-0.2, -0.15) is 0 Å². The molecule has 2 amide bonds. The molecule has 0 radical (unpaired) electrons. The molecule has 0 aliphatic heterocycles. The van der Waals surface area contributed by atoms with Gasteiger partial charge in [-0.15, -0.1) is 0 Å². The molecule has 4 aliphatic carbocycles. The lowest BCUT2D eigenvalue weighted by Gasteiger charge is -2.55. The molecule has 4 fully saturated rings. The number of benzene rings is 1. The fraction of sp³-hybridized carbons (Fsp3) is 0.625. The first kappa shape index (κ1) is 20.9. The van der Waals surface area contributed by atoms with Gasteiger partial charge in [0.1, 0.15) is 6.54 Å². The number of nitrogens with one attached hydrogen (secondary N) is 1. The number of nitrogens with zero attached hydrogens (tertiary/aromatic N) is 1. The van der Waals surface area contributed by atoms with Crippen LogP contribution in [0.4, 0.5) is 0 Å².